The molecule has 2 aliphatic carbocycles. The Morgan fingerprint density at radius 2 is 1.08 bits per heavy atom. The van der Waals surface area contributed by atoms with Crippen molar-refractivity contribution in [1.29, 1.82) is 0 Å². The molecule has 0 bridgehead atoms. The van der Waals surface area contributed by atoms with Gasteiger partial charge >= 0.3 is 0 Å². The molecular formula is C42H42O18. The number of hydrogen-bond donors (Lipinski definition) is 14. The van der Waals surface area contributed by atoms with Crippen LogP contribution in [0.5, 0.6) is 23.0 Å². The van der Waals surface area contributed by atoms with Crippen LogP contribution in [0.3, 0.4) is 0 Å². The van der Waals surface area contributed by atoms with E-state index in [1.807, 2.05) is 0 Å². The molecule has 2 heterocycles. The number of hydrogen-bond acceptors (Lipinski definition) is 18. The maximum absolute atomic E-state index is 14.9. The Bertz CT molecular complexity index is 2390. The van der Waals surface area contributed by atoms with E-state index in [1.54, 1.807) is 0 Å². The predicted octanol–water partition coefficient (Wildman–Crippen LogP) is -2.27. The number of aliphatic hydroxyl groups excluding tert-OH is 10. The summed E-state index contributed by atoms with van der Waals surface area (Å²) >= 11 is 0. The number of rotatable bonds is 7. The minimum Gasteiger partial charge on any atom is -0.507 e. The lowest BCUT2D eigenvalue weighted by Gasteiger charge is -2.52. The number of carbonyl (C=O) groups excluding carboxylic acids is 2. The number of carbonyl (C=O) groups is 2. The second-order valence-electron chi connectivity index (χ2n) is 15.5. The van der Waals surface area contributed by atoms with Gasteiger partial charge in [0, 0.05) is 11.5 Å². The first-order valence-electron chi connectivity index (χ1n) is 18.9. The smallest absolute Gasteiger partial charge is 0.201 e. The molecule has 0 amide bonds. The number of aromatic hydroxyl groups is 4. The standard InChI is InChI=1S/C42H42O18/c43-10-14-6-17-26(40-38(57)36(55)32(51)24(12-45)59-40)16-4-5-19(31(50)28(16)34(53)27(17)22(48)8-14)42(41-39(58)37(56)33(52)25(13-46)60-41)18-2-1-3-21(47)29(18)35(54)30-20(42)7-15(11-44)9-23(30)49/h1-9,24-26,32-33,36-41,43-52,55-58H,10-13H2/t24-,25-,26-,32-,33-,36+,37+,38-,39-,40+,41-,42-/m1/s1. The van der Waals surface area contributed by atoms with Crippen molar-refractivity contribution in [2.45, 2.75) is 85.6 Å². The molecule has 4 aliphatic rings. The highest BCUT2D eigenvalue weighted by atomic mass is 16.6. The molecular weight excluding hydrogens is 792 g/mol. The third-order valence-corrected chi connectivity index (χ3v) is 12.4. The Morgan fingerprint density at radius 1 is 0.517 bits per heavy atom. The zero-order chi connectivity index (χ0) is 43.3. The number of ketones is 2. The molecule has 0 aromatic heterocycles. The maximum Gasteiger partial charge on any atom is 0.201 e. The number of aliphatic hydroxyl groups is 10. The molecule has 318 valence electrons. The van der Waals surface area contributed by atoms with Crippen LogP contribution in [0.15, 0.2) is 54.6 Å². The summed E-state index contributed by atoms with van der Waals surface area (Å²) in [5, 5.41) is 155. The van der Waals surface area contributed by atoms with Crippen LogP contribution in [0.1, 0.15) is 76.7 Å². The van der Waals surface area contributed by atoms with E-state index >= 15 is 0 Å². The van der Waals surface area contributed by atoms with Crippen molar-refractivity contribution in [2.24, 2.45) is 0 Å². The van der Waals surface area contributed by atoms with E-state index in [1.165, 1.54) is 36.4 Å². The largest absolute Gasteiger partial charge is 0.507 e. The van der Waals surface area contributed by atoms with E-state index in [9.17, 15) is 81.1 Å². The molecule has 2 aliphatic heterocycles. The first-order valence-corrected chi connectivity index (χ1v) is 18.9. The van der Waals surface area contributed by atoms with E-state index in [4.69, 9.17) is 9.47 Å². The zero-order valence-corrected chi connectivity index (χ0v) is 31.3. The lowest BCUT2D eigenvalue weighted by atomic mass is 9.56. The minimum atomic E-state index is -2.44. The van der Waals surface area contributed by atoms with Crippen LogP contribution >= 0.6 is 0 Å². The van der Waals surface area contributed by atoms with Gasteiger partial charge in [0.05, 0.1) is 60.2 Å². The molecule has 4 aromatic rings. The SMILES string of the molecule is O=C1c2c(O)cccc2[C@](c2ccc3c(c2O)C(=O)c2c(O)cc(CO)cc2[C@@H]3[C@@H]2O[C@H](CO)[C@@H](O)[C@H](O)[C@H]2O)([C@@H]2O[C@H](CO)[C@@H](O)[C@H](O)[C@H]2O)c2cc(CO)cc(O)c21. The van der Waals surface area contributed by atoms with Gasteiger partial charge in [0.1, 0.15) is 77.9 Å². The summed E-state index contributed by atoms with van der Waals surface area (Å²) < 4.78 is 12.2. The van der Waals surface area contributed by atoms with Gasteiger partial charge in [-0.05, 0) is 51.6 Å². The molecule has 2 fully saturated rings. The lowest BCUT2D eigenvalue weighted by Crippen LogP contribution is -2.65. The Hall–Kier alpha value is -5.06. The summed E-state index contributed by atoms with van der Waals surface area (Å²) in [7, 11) is 0. The molecule has 14 N–H and O–H groups in total. The summed E-state index contributed by atoms with van der Waals surface area (Å²) in [5.41, 5.74) is -5.58. The highest BCUT2D eigenvalue weighted by molar-refractivity contribution is 6.18. The fraction of sp³-hybridized carbons (Fsp3) is 0.381. The van der Waals surface area contributed by atoms with Crippen LogP contribution in [0.2, 0.25) is 0 Å². The van der Waals surface area contributed by atoms with E-state index in [-0.39, 0.29) is 33.4 Å². The van der Waals surface area contributed by atoms with Gasteiger partial charge < -0.3 is 81.0 Å². The predicted molar refractivity (Wildman–Crippen MR) is 200 cm³/mol. The van der Waals surface area contributed by atoms with Crippen molar-refractivity contribution in [3.8, 4) is 23.0 Å². The fourth-order valence-electron chi connectivity index (χ4n) is 9.68. The Kier molecular flexibility index (Phi) is 10.5. The highest BCUT2D eigenvalue weighted by Gasteiger charge is 2.61. The van der Waals surface area contributed by atoms with Crippen LogP contribution in [0, 0.1) is 0 Å². The summed E-state index contributed by atoms with van der Waals surface area (Å²) in [4.78, 5) is 29.2. The summed E-state index contributed by atoms with van der Waals surface area (Å²) in [6, 6.07) is 10.9. The van der Waals surface area contributed by atoms with Gasteiger partial charge in [0.25, 0.3) is 0 Å². The fourth-order valence-corrected chi connectivity index (χ4v) is 9.68. The molecule has 8 rings (SSSR count). The first kappa shape index (κ1) is 41.7. The molecule has 0 radical (unpaired) electrons. The van der Waals surface area contributed by atoms with Gasteiger partial charge in [-0.15, -0.1) is 0 Å². The van der Waals surface area contributed by atoms with Crippen molar-refractivity contribution in [2.75, 3.05) is 13.2 Å². The molecule has 12 atom stereocenters. The van der Waals surface area contributed by atoms with Gasteiger partial charge in [0.15, 0.2) is 0 Å². The van der Waals surface area contributed by atoms with E-state index in [0.717, 1.165) is 18.2 Å². The molecule has 2 saturated heterocycles. The van der Waals surface area contributed by atoms with Crippen LogP contribution < -0.4 is 0 Å². The summed E-state index contributed by atoms with van der Waals surface area (Å²) in [6.45, 7) is -3.16. The molecule has 18 heteroatoms. The topological polar surface area (TPSA) is 336 Å². The third kappa shape index (κ3) is 5.73. The number of phenolic OH excluding ortho intramolecular Hbond substituents is 4. The maximum atomic E-state index is 14.9. The van der Waals surface area contributed by atoms with E-state index < -0.39 is 161 Å². The minimum absolute atomic E-state index is 0.0219. The van der Waals surface area contributed by atoms with Crippen molar-refractivity contribution in [3.63, 3.8) is 0 Å². The summed E-state index contributed by atoms with van der Waals surface area (Å²) in [5.74, 6) is -6.49. The normalized spacial score (nSPS) is 32.2. The van der Waals surface area contributed by atoms with Gasteiger partial charge in [-0.25, -0.2) is 0 Å². The summed E-state index contributed by atoms with van der Waals surface area (Å²) in [6.07, 6.45) is -18.5. The van der Waals surface area contributed by atoms with Crippen molar-refractivity contribution >= 4 is 11.6 Å². The van der Waals surface area contributed by atoms with Crippen molar-refractivity contribution in [3.05, 3.63) is 116 Å². The Balaban J connectivity index is 1.50. The number of fused-ring (bicyclic) bond motifs is 4. The van der Waals surface area contributed by atoms with Gasteiger partial charge in [-0.1, -0.05) is 36.4 Å². The average molecular weight is 835 g/mol. The molecule has 18 nitrogen and oxygen atoms in total. The van der Waals surface area contributed by atoms with Crippen LogP contribution in [0.4, 0.5) is 0 Å². The molecule has 0 spiro atoms. The average Bonchev–Trinajstić information content (AvgIpc) is 3.23. The quantitative estimate of drug-likeness (QED) is 0.0934. The lowest BCUT2D eigenvalue weighted by molar-refractivity contribution is -0.239. The van der Waals surface area contributed by atoms with E-state index in [0.29, 0.717) is 0 Å². The van der Waals surface area contributed by atoms with Gasteiger partial charge in [-0.2, -0.15) is 0 Å². The molecule has 4 aromatic carbocycles. The third-order valence-electron chi connectivity index (χ3n) is 12.4. The Morgan fingerprint density at radius 3 is 1.72 bits per heavy atom. The van der Waals surface area contributed by atoms with Gasteiger partial charge in [0.2, 0.25) is 11.6 Å². The number of phenols is 4. The van der Waals surface area contributed by atoms with Crippen LogP contribution in [-0.2, 0) is 28.1 Å². The second kappa shape index (κ2) is 15.1. The van der Waals surface area contributed by atoms with Gasteiger partial charge in [-0.3, -0.25) is 9.59 Å². The van der Waals surface area contributed by atoms with Crippen LogP contribution in [-0.4, -0.2) is 157 Å². The number of benzene rings is 4. The zero-order valence-electron chi connectivity index (χ0n) is 31.3. The van der Waals surface area contributed by atoms with Crippen molar-refractivity contribution in [1.82, 2.24) is 0 Å². The monoisotopic (exact) mass is 834 g/mol. The first-order chi connectivity index (χ1) is 28.6. The highest BCUT2D eigenvalue weighted by Crippen LogP contribution is 2.59. The van der Waals surface area contributed by atoms with E-state index in [2.05, 4.69) is 0 Å². The molecule has 0 unspecified atom stereocenters. The molecule has 60 heavy (non-hydrogen) atoms. The van der Waals surface area contributed by atoms with Crippen molar-refractivity contribution < 1.29 is 90.6 Å². The number of ether oxygens (including phenoxy) is 2. The van der Waals surface area contributed by atoms with Crippen LogP contribution in [0.25, 0.3) is 0 Å². The Labute approximate surface area is 339 Å². The molecule has 0 saturated carbocycles. The second-order valence-corrected chi connectivity index (χ2v) is 15.5.